The molecule has 2 aromatic heterocycles. The monoisotopic (exact) mass is 302 g/mol. The van der Waals surface area contributed by atoms with Crippen molar-refractivity contribution < 1.29 is 4.79 Å². The quantitative estimate of drug-likeness (QED) is 0.862. The topological polar surface area (TPSA) is 59.8 Å². The van der Waals surface area contributed by atoms with Crippen LogP contribution in [-0.2, 0) is 11.3 Å². The van der Waals surface area contributed by atoms with E-state index in [9.17, 15) is 4.79 Å². The third-order valence-electron chi connectivity index (χ3n) is 2.86. The van der Waals surface area contributed by atoms with Gasteiger partial charge in [0.25, 0.3) is 0 Å². The summed E-state index contributed by atoms with van der Waals surface area (Å²) in [5, 5.41) is 8.95. The lowest BCUT2D eigenvalue weighted by Crippen LogP contribution is -2.20. The molecular formula is C15H18N4OS. The van der Waals surface area contributed by atoms with Crippen molar-refractivity contribution >= 4 is 17.7 Å². The van der Waals surface area contributed by atoms with Crippen LogP contribution in [0.25, 0.3) is 5.82 Å². The van der Waals surface area contributed by atoms with Crippen LogP contribution in [0.3, 0.4) is 0 Å². The fourth-order valence-corrected chi connectivity index (χ4v) is 2.14. The molecule has 1 N–H and O–H groups in total. The molecule has 0 aliphatic carbocycles. The number of carbonyl (C=O) groups excluding carboxylic acids is 1. The summed E-state index contributed by atoms with van der Waals surface area (Å²) in [6.07, 6.45) is 5.18. The molecule has 0 aromatic carbocycles. The first-order valence-electron chi connectivity index (χ1n) is 6.56. The summed E-state index contributed by atoms with van der Waals surface area (Å²) in [6.45, 7) is 4.41. The summed E-state index contributed by atoms with van der Waals surface area (Å²) in [4.78, 5) is 15.9. The zero-order valence-electron chi connectivity index (χ0n) is 12.3. The van der Waals surface area contributed by atoms with E-state index in [-0.39, 0.29) is 5.91 Å². The van der Waals surface area contributed by atoms with E-state index in [2.05, 4.69) is 15.4 Å². The Hall–Kier alpha value is -2.08. The maximum Gasteiger partial charge on any atom is 0.244 e. The van der Waals surface area contributed by atoms with Gasteiger partial charge in [-0.05, 0) is 43.2 Å². The van der Waals surface area contributed by atoms with E-state index in [4.69, 9.17) is 0 Å². The number of aryl methyl sites for hydroxylation is 2. The van der Waals surface area contributed by atoms with Gasteiger partial charge in [-0.25, -0.2) is 9.67 Å². The second kappa shape index (κ2) is 7.08. The maximum absolute atomic E-state index is 11.5. The lowest BCUT2D eigenvalue weighted by molar-refractivity contribution is -0.116. The SMILES string of the molecule is CS/C=C/C(=O)NCc1ccc(-n2nc(C)cc2C)nc1. The van der Waals surface area contributed by atoms with E-state index in [0.29, 0.717) is 6.54 Å². The largest absolute Gasteiger partial charge is 0.348 e. The molecule has 2 aromatic rings. The minimum absolute atomic E-state index is 0.105. The van der Waals surface area contributed by atoms with Gasteiger partial charge in [-0.2, -0.15) is 5.10 Å². The Balaban J connectivity index is 2.01. The molecule has 6 heteroatoms. The lowest BCUT2D eigenvalue weighted by Gasteiger charge is -2.05. The Labute approximate surface area is 128 Å². The molecule has 5 nitrogen and oxygen atoms in total. The lowest BCUT2D eigenvalue weighted by atomic mass is 10.3. The van der Waals surface area contributed by atoms with Crippen molar-refractivity contribution in [3.63, 3.8) is 0 Å². The fraction of sp³-hybridized carbons (Fsp3) is 0.267. The molecule has 0 saturated carbocycles. The van der Waals surface area contributed by atoms with E-state index >= 15 is 0 Å². The predicted molar refractivity (Wildman–Crippen MR) is 85.3 cm³/mol. The first-order valence-corrected chi connectivity index (χ1v) is 7.84. The van der Waals surface area contributed by atoms with Crippen LogP contribution in [-0.4, -0.2) is 26.9 Å². The zero-order valence-corrected chi connectivity index (χ0v) is 13.1. The van der Waals surface area contributed by atoms with Gasteiger partial charge in [-0.3, -0.25) is 4.79 Å². The van der Waals surface area contributed by atoms with Crippen LogP contribution in [0, 0.1) is 13.8 Å². The summed E-state index contributed by atoms with van der Waals surface area (Å²) >= 11 is 1.49. The van der Waals surface area contributed by atoms with Gasteiger partial charge in [0, 0.05) is 24.5 Å². The Morgan fingerprint density at radius 2 is 2.24 bits per heavy atom. The van der Waals surface area contributed by atoms with Crippen molar-refractivity contribution in [1.82, 2.24) is 20.1 Å². The summed E-state index contributed by atoms with van der Waals surface area (Å²) < 4.78 is 1.80. The maximum atomic E-state index is 11.5. The van der Waals surface area contributed by atoms with Gasteiger partial charge in [0.1, 0.15) is 0 Å². The molecule has 0 aliphatic heterocycles. The number of thioether (sulfide) groups is 1. The number of nitrogens with one attached hydrogen (secondary N) is 1. The third-order valence-corrected chi connectivity index (χ3v) is 3.27. The second-order valence-corrected chi connectivity index (χ2v) is 5.36. The molecule has 0 unspecified atom stereocenters. The summed E-state index contributed by atoms with van der Waals surface area (Å²) in [5.41, 5.74) is 2.96. The van der Waals surface area contributed by atoms with Gasteiger partial charge in [-0.1, -0.05) is 6.07 Å². The van der Waals surface area contributed by atoms with Crippen LogP contribution in [0.2, 0.25) is 0 Å². The Bertz CT molecular complexity index is 646. The molecule has 0 bridgehead atoms. The first kappa shape index (κ1) is 15.3. The second-order valence-electron chi connectivity index (χ2n) is 4.62. The standard InChI is InChI=1S/C15H18N4OS/c1-11-8-12(2)19(18-11)14-5-4-13(9-16-14)10-17-15(20)6-7-21-3/h4-9H,10H2,1-3H3,(H,17,20)/b7-6+. The van der Waals surface area contributed by atoms with Gasteiger partial charge in [0.15, 0.2) is 5.82 Å². The minimum Gasteiger partial charge on any atom is -0.348 e. The zero-order chi connectivity index (χ0) is 15.2. The summed E-state index contributed by atoms with van der Waals surface area (Å²) in [6, 6.07) is 5.85. The van der Waals surface area contributed by atoms with Crippen LogP contribution in [0.1, 0.15) is 17.0 Å². The van der Waals surface area contributed by atoms with Crippen LogP contribution in [0.15, 0.2) is 35.9 Å². The Morgan fingerprint density at radius 3 is 2.81 bits per heavy atom. The molecule has 0 atom stereocenters. The molecule has 0 radical (unpaired) electrons. The molecule has 2 rings (SSSR count). The average molecular weight is 302 g/mol. The highest BCUT2D eigenvalue weighted by atomic mass is 32.2. The number of pyridine rings is 1. The van der Waals surface area contributed by atoms with Crippen LogP contribution < -0.4 is 5.32 Å². The smallest absolute Gasteiger partial charge is 0.244 e. The molecule has 21 heavy (non-hydrogen) atoms. The fourth-order valence-electron chi connectivity index (χ4n) is 1.89. The molecule has 0 aliphatic rings. The highest BCUT2D eigenvalue weighted by Gasteiger charge is 2.05. The number of rotatable bonds is 5. The van der Waals surface area contributed by atoms with Gasteiger partial charge < -0.3 is 5.32 Å². The van der Waals surface area contributed by atoms with Crippen LogP contribution in [0.5, 0.6) is 0 Å². The van der Waals surface area contributed by atoms with E-state index in [1.165, 1.54) is 17.8 Å². The molecule has 0 saturated heterocycles. The highest BCUT2D eigenvalue weighted by molar-refractivity contribution is 8.01. The Morgan fingerprint density at radius 1 is 1.43 bits per heavy atom. The van der Waals surface area contributed by atoms with E-state index in [1.54, 1.807) is 16.3 Å². The molecule has 0 fully saturated rings. The van der Waals surface area contributed by atoms with Crippen molar-refractivity contribution in [1.29, 1.82) is 0 Å². The van der Waals surface area contributed by atoms with Crippen molar-refractivity contribution in [2.24, 2.45) is 0 Å². The molecule has 1 amide bonds. The van der Waals surface area contributed by atoms with Crippen LogP contribution in [0.4, 0.5) is 0 Å². The molecule has 2 heterocycles. The first-order chi connectivity index (χ1) is 10.1. The average Bonchev–Trinajstić information content (AvgIpc) is 2.82. The number of hydrogen-bond donors (Lipinski definition) is 1. The van der Waals surface area contributed by atoms with Crippen LogP contribution >= 0.6 is 11.8 Å². The van der Waals surface area contributed by atoms with E-state index < -0.39 is 0 Å². The van der Waals surface area contributed by atoms with Crippen molar-refractivity contribution in [3.8, 4) is 5.82 Å². The number of aromatic nitrogens is 3. The van der Waals surface area contributed by atoms with Crippen molar-refractivity contribution in [3.05, 3.63) is 52.8 Å². The van der Waals surface area contributed by atoms with E-state index in [0.717, 1.165) is 22.8 Å². The highest BCUT2D eigenvalue weighted by Crippen LogP contribution is 2.10. The number of nitrogens with zero attached hydrogens (tertiary/aromatic N) is 3. The minimum atomic E-state index is -0.105. The number of hydrogen-bond acceptors (Lipinski definition) is 4. The molecule has 0 spiro atoms. The molecular weight excluding hydrogens is 284 g/mol. The summed E-state index contributed by atoms with van der Waals surface area (Å²) in [7, 11) is 0. The number of carbonyl (C=O) groups is 1. The van der Waals surface area contributed by atoms with Gasteiger partial charge in [0.2, 0.25) is 5.91 Å². The predicted octanol–water partition coefficient (Wildman–Crippen LogP) is 2.38. The summed E-state index contributed by atoms with van der Waals surface area (Å²) in [5.74, 6) is 0.671. The van der Waals surface area contributed by atoms with Crippen molar-refractivity contribution in [2.45, 2.75) is 20.4 Å². The van der Waals surface area contributed by atoms with Gasteiger partial charge in [-0.15, -0.1) is 11.8 Å². The Kier molecular flexibility index (Phi) is 5.16. The van der Waals surface area contributed by atoms with Crippen molar-refractivity contribution in [2.75, 3.05) is 6.26 Å². The molecule has 110 valence electrons. The normalized spacial score (nSPS) is 11.0. The third kappa shape index (κ3) is 4.19. The number of amides is 1. The van der Waals surface area contributed by atoms with E-state index in [1.807, 2.05) is 38.3 Å². The van der Waals surface area contributed by atoms with Gasteiger partial charge in [0.05, 0.1) is 5.69 Å². The van der Waals surface area contributed by atoms with Gasteiger partial charge >= 0.3 is 0 Å².